The van der Waals surface area contributed by atoms with Gasteiger partial charge in [-0.25, -0.2) is 15.0 Å². The molecule has 0 fully saturated rings. The molecule has 8 aromatic carbocycles. The van der Waals surface area contributed by atoms with Gasteiger partial charge in [-0.1, -0.05) is 164 Å². The van der Waals surface area contributed by atoms with Crippen LogP contribution >= 0.6 is 0 Å². The van der Waals surface area contributed by atoms with Crippen molar-refractivity contribution in [3.63, 3.8) is 0 Å². The van der Waals surface area contributed by atoms with Crippen LogP contribution in [0, 0.1) is 0 Å². The number of nitrogens with zero attached hydrogens (tertiary/aromatic N) is 3. The van der Waals surface area contributed by atoms with E-state index in [4.69, 9.17) is 19.4 Å². The molecular weight excluding hydrogens is 791 g/mol. The summed E-state index contributed by atoms with van der Waals surface area (Å²) in [6.07, 6.45) is 20.5. The van der Waals surface area contributed by atoms with Crippen molar-refractivity contribution < 1.29 is 4.42 Å². The van der Waals surface area contributed by atoms with Crippen LogP contribution in [-0.4, -0.2) is 15.0 Å². The van der Waals surface area contributed by atoms with E-state index < -0.39 is 0 Å². The first-order valence-electron chi connectivity index (χ1n) is 22.9. The van der Waals surface area contributed by atoms with E-state index >= 15 is 0 Å². The highest BCUT2D eigenvalue weighted by atomic mass is 16.3. The van der Waals surface area contributed by atoms with Crippen LogP contribution in [0.2, 0.25) is 0 Å². The minimum Gasteiger partial charge on any atom is -0.455 e. The van der Waals surface area contributed by atoms with Crippen LogP contribution in [0.1, 0.15) is 52.6 Å². The van der Waals surface area contributed by atoms with Gasteiger partial charge in [-0.15, -0.1) is 0 Å². The first-order chi connectivity index (χ1) is 32.2. The fourth-order valence-corrected chi connectivity index (χ4v) is 10.6. The van der Waals surface area contributed by atoms with Gasteiger partial charge in [0.15, 0.2) is 17.5 Å². The molecule has 0 radical (unpaired) electrons. The second kappa shape index (κ2) is 15.4. The van der Waals surface area contributed by atoms with E-state index in [-0.39, 0.29) is 0 Å². The van der Waals surface area contributed by atoms with Gasteiger partial charge < -0.3 is 4.42 Å². The summed E-state index contributed by atoms with van der Waals surface area (Å²) in [5, 5.41) is 4.99. The maximum absolute atomic E-state index is 6.86. The number of allylic oxidation sites excluding steroid dienone is 3. The summed E-state index contributed by atoms with van der Waals surface area (Å²) in [7, 11) is 0. The molecular formula is C61H43N3O. The summed E-state index contributed by atoms with van der Waals surface area (Å²) in [5.74, 6) is 1.91. The summed E-state index contributed by atoms with van der Waals surface area (Å²) in [4.78, 5) is 15.2. The molecule has 10 aromatic rings. The topological polar surface area (TPSA) is 51.8 Å². The van der Waals surface area contributed by atoms with Gasteiger partial charge in [0.25, 0.3) is 0 Å². The highest BCUT2D eigenvalue weighted by Crippen LogP contribution is 2.46. The number of hydrogen-bond donors (Lipinski definition) is 0. The molecule has 3 aliphatic carbocycles. The lowest BCUT2D eigenvalue weighted by Crippen LogP contribution is -2.07. The van der Waals surface area contributed by atoms with Crippen LogP contribution in [0.25, 0.3) is 118 Å². The van der Waals surface area contributed by atoms with E-state index in [1.807, 2.05) is 24.3 Å². The maximum atomic E-state index is 6.86. The van der Waals surface area contributed by atoms with Gasteiger partial charge in [-0.2, -0.15) is 0 Å². The van der Waals surface area contributed by atoms with E-state index in [1.165, 1.54) is 44.2 Å². The van der Waals surface area contributed by atoms with Crippen LogP contribution in [0.3, 0.4) is 0 Å². The number of aromatic nitrogens is 3. The Hall–Kier alpha value is -7.95. The van der Waals surface area contributed by atoms with Crippen LogP contribution in [0.5, 0.6) is 0 Å². The Kier molecular flexibility index (Phi) is 8.90. The average Bonchev–Trinajstić information content (AvgIpc) is 3.78. The summed E-state index contributed by atoms with van der Waals surface area (Å²) in [6, 6.07) is 53.8. The number of fused-ring (bicyclic) bond motifs is 11. The number of benzene rings is 8. The highest BCUT2D eigenvalue weighted by molar-refractivity contribution is 6.16. The van der Waals surface area contributed by atoms with Gasteiger partial charge >= 0.3 is 0 Å². The largest absolute Gasteiger partial charge is 0.455 e. The summed E-state index contributed by atoms with van der Waals surface area (Å²) in [5.41, 5.74) is 20.2. The van der Waals surface area contributed by atoms with E-state index in [9.17, 15) is 0 Å². The predicted molar refractivity (Wildman–Crippen MR) is 269 cm³/mol. The minimum atomic E-state index is 0.629. The standard InChI is InChI=1S/C61H43N3O/c1-3-15-38(16-4-1)42-19-13-20-44(35-42)61-63-59(40-17-5-2-6-18-40)62-60(64-61)41-31-29-39(30-32-41)45-27-14-28-56-57(45)55-37-53(50-25-11-12-26-52(50)58(55)65-56)43-33-34-51-48-23-8-7-21-46(48)47-22-9-10-24-49(47)54(51)36-43/h1-6,8,10,12-20,23-24,26-37H,7,9,11,21-22,25H2. The second-order valence-corrected chi connectivity index (χ2v) is 17.5. The van der Waals surface area contributed by atoms with E-state index in [0.717, 1.165) is 99.4 Å². The van der Waals surface area contributed by atoms with Crippen LogP contribution in [0.4, 0.5) is 0 Å². The van der Waals surface area contributed by atoms with Crippen molar-refractivity contribution >= 4 is 50.9 Å². The third-order valence-corrected chi connectivity index (χ3v) is 13.7. The fourth-order valence-electron chi connectivity index (χ4n) is 10.6. The zero-order valence-electron chi connectivity index (χ0n) is 35.9. The minimum absolute atomic E-state index is 0.629. The van der Waals surface area contributed by atoms with E-state index in [1.54, 1.807) is 11.1 Å². The molecule has 0 saturated heterocycles. The Labute approximate surface area is 378 Å². The summed E-state index contributed by atoms with van der Waals surface area (Å²) >= 11 is 0. The molecule has 2 heterocycles. The first kappa shape index (κ1) is 37.6. The third-order valence-electron chi connectivity index (χ3n) is 13.7. The molecule has 0 bridgehead atoms. The lowest BCUT2D eigenvalue weighted by molar-refractivity contribution is 0.667. The van der Waals surface area contributed by atoms with Crippen LogP contribution in [-0.2, 0) is 19.3 Å². The van der Waals surface area contributed by atoms with Gasteiger partial charge in [0, 0.05) is 33.0 Å². The third kappa shape index (κ3) is 6.39. The second-order valence-electron chi connectivity index (χ2n) is 17.5. The molecule has 0 saturated carbocycles. The summed E-state index contributed by atoms with van der Waals surface area (Å²) in [6.45, 7) is 0. The molecule has 4 heteroatoms. The molecule has 3 aliphatic rings. The Balaban J connectivity index is 0.934. The van der Waals surface area contributed by atoms with Gasteiger partial charge in [-0.3, -0.25) is 0 Å². The number of furan rings is 1. The fraction of sp³-hybridized carbons (Fsp3) is 0.0984. The quantitative estimate of drug-likeness (QED) is 0.167. The Morgan fingerprint density at radius 1 is 0.354 bits per heavy atom. The van der Waals surface area contributed by atoms with E-state index in [0.29, 0.717) is 17.5 Å². The average molecular weight is 834 g/mol. The number of hydrogen-bond acceptors (Lipinski definition) is 4. The number of rotatable bonds is 6. The molecule has 2 aromatic heterocycles. The molecule has 308 valence electrons. The van der Waals surface area contributed by atoms with Crippen molar-refractivity contribution in [3.05, 3.63) is 203 Å². The monoisotopic (exact) mass is 833 g/mol. The SMILES string of the molecule is C1=Cc2c(c3c(c4cc(-c5cc6c(oc7cccc(-c8ccc(-c9nc(-c%10ccccc%10)nc(-c%10cccc(-c%11ccccc%11)c%10)n9)cc8)c76)c6c5CCC=C6)ccc24)C=CCC3)CC1. The molecule has 13 rings (SSSR count). The normalized spacial score (nSPS) is 13.9. The maximum Gasteiger partial charge on any atom is 0.164 e. The first-order valence-corrected chi connectivity index (χ1v) is 22.9. The van der Waals surface area contributed by atoms with Crippen molar-refractivity contribution in [2.45, 2.75) is 38.5 Å². The highest BCUT2D eigenvalue weighted by Gasteiger charge is 2.24. The molecule has 0 aliphatic heterocycles. The zero-order chi connectivity index (χ0) is 42.8. The molecule has 0 amide bonds. The van der Waals surface area contributed by atoms with Crippen molar-refractivity contribution in [1.82, 2.24) is 15.0 Å². The lowest BCUT2D eigenvalue weighted by atomic mass is 9.80. The Morgan fingerprint density at radius 2 is 0.908 bits per heavy atom. The van der Waals surface area contributed by atoms with Crippen molar-refractivity contribution in [1.29, 1.82) is 0 Å². The summed E-state index contributed by atoms with van der Waals surface area (Å²) < 4.78 is 6.86. The van der Waals surface area contributed by atoms with Gasteiger partial charge in [0.1, 0.15) is 11.2 Å². The molecule has 0 N–H and O–H groups in total. The smallest absolute Gasteiger partial charge is 0.164 e. The van der Waals surface area contributed by atoms with Crippen molar-refractivity contribution in [2.75, 3.05) is 0 Å². The molecule has 4 nitrogen and oxygen atoms in total. The predicted octanol–water partition coefficient (Wildman–Crippen LogP) is 15.8. The Bertz CT molecular complexity index is 3630. The Morgan fingerprint density at radius 3 is 1.63 bits per heavy atom. The molecule has 65 heavy (non-hydrogen) atoms. The van der Waals surface area contributed by atoms with Gasteiger partial charge in [0.05, 0.1) is 0 Å². The zero-order valence-corrected chi connectivity index (χ0v) is 35.9. The van der Waals surface area contributed by atoms with Crippen molar-refractivity contribution in [2.24, 2.45) is 0 Å². The molecule has 0 spiro atoms. The van der Waals surface area contributed by atoms with E-state index in [2.05, 4.69) is 164 Å². The van der Waals surface area contributed by atoms with Crippen molar-refractivity contribution in [3.8, 4) is 67.5 Å². The van der Waals surface area contributed by atoms with Gasteiger partial charge in [0.2, 0.25) is 0 Å². The van der Waals surface area contributed by atoms with Crippen LogP contribution < -0.4 is 0 Å². The molecule has 0 unspecified atom stereocenters. The molecule has 0 atom stereocenters. The lowest BCUT2D eigenvalue weighted by Gasteiger charge is -2.24. The van der Waals surface area contributed by atoms with Gasteiger partial charge in [-0.05, 0) is 135 Å². The van der Waals surface area contributed by atoms with Crippen LogP contribution in [0.15, 0.2) is 174 Å².